The molecule has 1 fully saturated rings. The van der Waals surface area contributed by atoms with Crippen LogP contribution >= 0.6 is 0 Å². The van der Waals surface area contributed by atoms with E-state index in [1.807, 2.05) is 25.7 Å². The van der Waals surface area contributed by atoms with Crippen molar-refractivity contribution in [2.75, 3.05) is 13.2 Å². The monoisotopic (exact) mass is 214 g/mol. The minimum absolute atomic E-state index is 0.0690. The molecule has 0 radical (unpaired) electrons. The van der Waals surface area contributed by atoms with E-state index in [1.165, 1.54) is 0 Å². The Morgan fingerprint density at radius 1 is 1.60 bits per heavy atom. The van der Waals surface area contributed by atoms with E-state index in [0.29, 0.717) is 13.2 Å². The summed E-state index contributed by atoms with van der Waals surface area (Å²) in [6, 6.07) is -0.211. The molecule has 0 aliphatic carbocycles. The zero-order valence-electron chi connectivity index (χ0n) is 9.90. The highest BCUT2D eigenvalue weighted by Crippen LogP contribution is 2.15. The lowest BCUT2D eigenvalue weighted by Crippen LogP contribution is -2.55. The number of morpholine rings is 1. The molecule has 4 nitrogen and oxygen atoms in total. The van der Waals surface area contributed by atoms with Crippen LogP contribution in [0.1, 0.15) is 33.6 Å². The summed E-state index contributed by atoms with van der Waals surface area (Å²) in [4.78, 5) is 13.8. The third kappa shape index (κ3) is 2.92. The van der Waals surface area contributed by atoms with Crippen molar-refractivity contribution in [1.82, 2.24) is 4.90 Å². The fourth-order valence-corrected chi connectivity index (χ4v) is 1.89. The second-order valence-electron chi connectivity index (χ2n) is 4.24. The maximum atomic E-state index is 12.0. The molecule has 1 rings (SSSR count). The summed E-state index contributed by atoms with van der Waals surface area (Å²) >= 11 is 0. The first kappa shape index (κ1) is 12.5. The van der Waals surface area contributed by atoms with E-state index in [9.17, 15) is 4.79 Å². The van der Waals surface area contributed by atoms with Gasteiger partial charge in [0.1, 0.15) is 0 Å². The third-order valence-electron chi connectivity index (χ3n) is 3.08. The van der Waals surface area contributed by atoms with Gasteiger partial charge in [0.05, 0.1) is 24.8 Å². The molecule has 0 saturated carbocycles. The van der Waals surface area contributed by atoms with E-state index >= 15 is 0 Å². The molecular weight excluding hydrogens is 192 g/mol. The molecule has 1 saturated heterocycles. The second-order valence-corrected chi connectivity index (χ2v) is 4.24. The van der Waals surface area contributed by atoms with Gasteiger partial charge in [-0.15, -0.1) is 0 Å². The Morgan fingerprint density at radius 3 is 2.87 bits per heavy atom. The Labute approximate surface area is 91.8 Å². The average Bonchev–Trinajstić information content (AvgIpc) is 2.21. The SMILES string of the molecule is CCC[C@H](N)C(=O)N1CCO[C@H](C)[C@H]1C. The Kier molecular flexibility index (Phi) is 4.54. The topological polar surface area (TPSA) is 55.6 Å². The molecule has 0 aromatic carbocycles. The summed E-state index contributed by atoms with van der Waals surface area (Å²) in [7, 11) is 0. The van der Waals surface area contributed by atoms with Gasteiger partial charge in [-0.3, -0.25) is 4.79 Å². The Hall–Kier alpha value is -0.610. The van der Waals surface area contributed by atoms with Gasteiger partial charge in [0.2, 0.25) is 5.91 Å². The van der Waals surface area contributed by atoms with Crippen LogP contribution in [0.15, 0.2) is 0 Å². The van der Waals surface area contributed by atoms with E-state index in [4.69, 9.17) is 10.5 Å². The lowest BCUT2D eigenvalue weighted by Gasteiger charge is -2.39. The van der Waals surface area contributed by atoms with Crippen molar-refractivity contribution in [1.29, 1.82) is 0 Å². The van der Waals surface area contributed by atoms with E-state index in [1.54, 1.807) is 0 Å². The first-order chi connectivity index (χ1) is 7.07. The van der Waals surface area contributed by atoms with Gasteiger partial charge in [-0.2, -0.15) is 0 Å². The standard InChI is InChI=1S/C11H22N2O2/c1-4-5-10(12)11(14)13-6-7-15-9(3)8(13)2/h8-10H,4-7,12H2,1-3H3/t8-,9-,10+/m1/s1. The summed E-state index contributed by atoms with van der Waals surface area (Å²) in [6.45, 7) is 7.34. The molecule has 2 N–H and O–H groups in total. The summed E-state index contributed by atoms with van der Waals surface area (Å²) in [5.74, 6) is 0.0690. The predicted octanol–water partition coefficient (Wildman–Crippen LogP) is 0.750. The smallest absolute Gasteiger partial charge is 0.239 e. The van der Waals surface area contributed by atoms with Crippen LogP contribution in [0.25, 0.3) is 0 Å². The van der Waals surface area contributed by atoms with E-state index in [-0.39, 0.29) is 24.1 Å². The molecule has 0 aromatic rings. The lowest BCUT2D eigenvalue weighted by molar-refractivity contribution is -0.145. The Balaban J connectivity index is 2.57. The molecule has 0 spiro atoms. The van der Waals surface area contributed by atoms with Gasteiger partial charge in [0.15, 0.2) is 0 Å². The van der Waals surface area contributed by atoms with E-state index in [2.05, 4.69) is 0 Å². The normalized spacial score (nSPS) is 28.9. The summed E-state index contributed by atoms with van der Waals surface area (Å²) in [5, 5.41) is 0. The molecule has 1 aliphatic heterocycles. The fourth-order valence-electron chi connectivity index (χ4n) is 1.89. The fraction of sp³-hybridized carbons (Fsp3) is 0.909. The number of rotatable bonds is 3. The molecule has 15 heavy (non-hydrogen) atoms. The molecule has 1 aliphatic rings. The lowest BCUT2D eigenvalue weighted by atomic mass is 10.1. The Morgan fingerprint density at radius 2 is 2.27 bits per heavy atom. The van der Waals surface area contributed by atoms with Crippen LogP contribution in [-0.4, -0.2) is 42.1 Å². The quantitative estimate of drug-likeness (QED) is 0.754. The van der Waals surface area contributed by atoms with Crippen LogP contribution in [-0.2, 0) is 9.53 Å². The van der Waals surface area contributed by atoms with Gasteiger partial charge in [-0.1, -0.05) is 13.3 Å². The molecule has 1 heterocycles. The highest BCUT2D eigenvalue weighted by atomic mass is 16.5. The first-order valence-corrected chi connectivity index (χ1v) is 5.75. The number of amides is 1. The molecule has 1 amide bonds. The highest BCUT2D eigenvalue weighted by Gasteiger charge is 2.31. The summed E-state index contributed by atoms with van der Waals surface area (Å²) in [5.41, 5.74) is 5.83. The minimum atomic E-state index is -0.345. The van der Waals surface area contributed by atoms with Crippen LogP contribution in [0.3, 0.4) is 0 Å². The van der Waals surface area contributed by atoms with Gasteiger partial charge >= 0.3 is 0 Å². The van der Waals surface area contributed by atoms with Gasteiger partial charge in [-0.05, 0) is 20.3 Å². The molecule has 0 bridgehead atoms. The number of hydrogen-bond donors (Lipinski definition) is 1. The van der Waals surface area contributed by atoms with Crippen molar-refractivity contribution in [3.63, 3.8) is 0 Å². The van der Waals surface area contributed by atoms with Crippen molar-refractivity contribution in [2.45, 2.75) is 51.8 Å². The molecule has 88 valence electrons. The van der Waals surface area contributed by atoms with Crippen molar-refractivity contribution < 1.29 is 9.53 Å². The second kappa shape index (κ2) is 5.47. The number of nitrogens with zero attached hydrogens (tertiary/aromatic N) is 1. The van der Waals surface area contributed by atoms with E-state index < -0.39 is 0 Å². The predicted molar refractivity (Wildman–Crippen MR) is 59.5 cm³/mol. The molecular formula is C11H22N2O2. The van der Waals surface area contributed by atoms with Crippen molar-refractivity contribution in [3.8, 4) is 0 Å². The van der Waals surface area contributed by atoms with Gasteiger partial charge < -0.3 is 15.4 Å². The van der Waals surface area contributed by atoms with Crippen LogP contribution in [0.5, 0.6) is 0 Å². The van der Waals surface area contributed by atoms with Gasteiger partial charge in [-0.25, -0.2) is 0 Å². The third-order valence-corrected chi connectivity index (χ3v) is 3.08. The zero-order valence-corrected chi connectivity index (χ0v) is 9.90. The molecule has 0 aromatic heterocycles. The number of hydrogen-bond acceptors (Lipinski definition) is 3. The summed E-state index contributed by atoms with van der Waals surface area (Å²) < 4.78 is 5.48. The van der Waals surface area contributed by atoms with Crippen LogP contribution < -0.4 is 5.73 Å². The number of ether oxygens (including phenoxy) is 1. The van der Waals surface area contributed by atoms with Crippen LogP contribution in [0.2, 0.25) is 0 Å². The number of carbonyl (C=O) groups excluding carboxylic acids is 1. The maximum absolute atomic E-state index is 12.0. The van der Waals surface area contributed by atoms with Crippen LogP contribution in [0.4, 0.5) is 0 Å². The largest absolute Gasteiger partial charge is 0.375 e. The number of nitrogens with two attached hydrogens (primary N) is 1. The van der Waals surface area contributed by atoms with E-state index in [0.717, 1.165) is 12.8 Å². The minimum Gasteiger partial charge on any atom is -0.375 e. The van der Waals surface area contributed by atoms with Gasteiger partial charge in [0, 0.05) is 6.54 Å². The Bertz CT molecular complexity index is 221. The highest BCUT2D eigenvalue weighted by molar-refractivity contribution is 5.82. The average molecular weight is 214 g/mol. The molecule has 4 heteroatoms. The first-order valence-electron chi connectivity index (χ1n) is 5.75. The number of carbonyl (C=O) groups is 1. The van der Waals surface area contributed by atoms with Crippen molar-refractivity contribution >= 4 is 5.91 Å². The zero-order chi connectivity index (χ0) is 11.4. The van der Waals surface area contributed by atoms with Gasteiger partial charge in [0.25, 0.3) is 0 Å². The summed E-state index contributed by atoms with van der Waals surface area (Å²) in [6.07, 6.45) is 1.81. The molecule has 3 atom stereocenters. The van der Waals surface area contributed by atoms with Crippen molar-refractivity contribution in [3.05, 3.63) is 0 Å². The van der Waals surface area contributed by atoms with Crippen LogP contribution in [0, 0.1) is 0 Å². The van der Waals surface area contributed by atoms with Crippen molar-refractivity contribution in [2.24, 2.45) is 5.73 Å². The maximum Gasteiger partial charge on any atom is 0.239 e. The molecule has 0 unspecified atom stereocenters.